The lowest BCUT2D eigenvalue weighted by Gasteiger charge is -2.35. The van der Waals surface area contributed by atoms with E-state index in [9.17, 15) is 4.79 Å². The van der Waals surface area contributed by atoms with Crippen molar-refractivity contribution in [2.75, 3.05) is 24.6 Å². The number of ether oxygens (including phenoxy) is 1. The van der Waals surface area contributed by atoms with Gasteiger partial charge in [-0.1, -0.05) is 11.6 Å². The van der Waals surface area contributed by atoms with Gasteiger partial charge in [-0.2, -0.15) is 0 Å². The standard InChI is InChI=1S/C12H13ClN2O2/c13-11-2-1-10(9(7-16)14-11)15-5-6-17-12(8-15)3-4-12/h1-2,7H,3-6,8H2. The van der Waals surface area contributed by atoms with Crippen molar-refractivity contribution in [3.8, 4) is 0 Å². The lowest BCUT2D eigenvalue weighted by atomic mass is 10.2. The Morgan fingerprint density at radius 3 is 3.00 bits per heavy atom. The second kappa shape index (κ2) is 3.96. The van der Waals surface area contributed by atoms with Crippen LogP contribution in [0.4, 0.5) is 5.69 Å². The first-order chi connectivity index (χ1) is 8.22. The summed E-state index contributed by atoms with van der Waals surface area (Å²) >= 11 is 5.79. The number of morpholine rings is 1. The predicted octanol–water partition coefficient (Wildman–Crippen LogP) is 1.92. The summed E-state index contributed by atoms with van der Waals surface area (Å²) in [5.41, 5.74) is 1.31. The molecule has 2 heterocycles. The Kier molecular flexibility index (Phi) is 2.56. The lowest BCUT2D eigenvalue weighted by molar-refractivity contribution is 0.0205. The number of nitrogens with zero attached hydrogens (tertiary/aromatic N) is 2. The normalized spacial score (nSPS) is 21.6. The molecule has 1 saturated heterocycles. The Bertz CT molecular complexity index is 460. The number of aromatic nitrogens is 1. The van der Waals surface area contributed by atoms with Gasteiger partial charge in [0, 0.05) is 13.1 Å². The van der Waals surface area contributed by atoms with Gasteiger partial charge < -0.3 is 9.64 Å². The number of hydrogen-bond donors (Lipinski definition) is 0. The number of carbonyl (C=O) groups excluding carboxylic acids is 1. The van der Waals surface area contributed by atoms with Gasteiger partial charge in [-0.15, -0.1) is 0 Å². The van der Waals surface area contributed by atoms with Crippen LogP contribution in [-0.4, -0.2) is 36.6 Å². The van der Waals surface area contributed by atoms with Crippen LogP contribution in [0.2, 0.25) is 5.15 Å². The molecule has 0 aromatic carbocycles. The van der Waals surface area contributed by atoms with Crippen molar-refractivity contribution >= 4 is 23.6 Å². The zero-order valence-electron chi connectivity index (χ0n) is 9.36. The molecule has 1 saturated carbocycles. The molecule has 4 nitrogen and oxygen atoms in total. The van der Waals surface area contributed by atoms with Crippen LogP contribution in [0.15, 0.2) is 12.1 Å². The summed E-state index contributed by atoms with van der Waals surface area (Å²) in [4.78, 5) is 17.2. The van der Waals surface area contributed by atoms with Crippen molar-refractivity contribution in [1.29, 1.82) is 0 Å². The fourth-order valence-electron chi connectivity index (χ4n) is 2.29. The Morgan fingerprint density at radius 1 is 1.47 bits per heavy atom. The zero-order valence-corrected chi connectivity index (χ0v) is 10.1. The summed E-state index contributed by atoms with van der Waals surface area (Å²) < 4.78 is 5.75. The largest absolute Gasteiger partial charge is 0.371 e. The van der Waals surface area contributed by atoms with Gasteiger partial charge in [0.1, 0.15) is 10.8 Å². The van der Waals surface area contributed by atoms with Crippen molar-refractivity contribution in [2.45, 2.75) is 18.4 Å². The summed E-state index contributed by atoms with van der Waals surface area (Å²) in [6, 6.07) is 3.58. The molecule has 1 spiro atoms. The van der Waals surface area contributed by atoms with E-state index in [1.54, 1.807) is 6.07 Å². The molecule has 0 unspecified atom stereocenters. The van der Waals surface area contributed by atoms with Crippen LogP contribution in [0.5, 0.6) is 0 Å². The van der Waals surface area contributed by atoms with Crippen LogP contribution in [-0.2, 0) is 4.74 Å². The predicted molar refractivity (Wildman–Crippen MR) is 64.8 cm³/mol. The minimum Gasteiger partial charge on any atom is -0.371 e. The number of pyridine rings is 1. The number of anilines is 1. The van der Waals surface area contributed by atoms with E-state index in [4.69, 9.17) is 16.3 Å². The summed E-state index contributed by atoms with van der Waals surface area (Å²) in [6.45, 7) is 2.35. The Balaban J connectivity index is 1.90. The maximum atomic E-state index is 11.0. The van der Waals surface area contributed by atoms with Crippen LogP contribution in [0.3, 0.4) is 0 Å². The average molecular weight is 253 g/mol. The van der Waals surface area contributed by atoms with Crippen LogP contribution in [0.1, 0.15) is 23.3 Å². The van der Waals surface area contributed by atoms with Gasteiger partial charge in [0.15, 0.2) is 6.29 Å². The number of rotatable bonds is 2. The average Bonchev–Trinajstić information content (AvgIpc) is 3.08. The second-order valence-corrected chi connectivity index (χ2v) is 5.00. The van der Waals surface area contributed by atoms with E-state index in [1.165, 1.54) is 0 Å². The molecule has 0 amide bonds. The van der Waals surface area contributed by atoms with E-state index in [-0.39, 0.29) is 5.60 Å². The molecule has 1 aromatic rings. The molecule has 1 aliphatic carbocycles. The highest BCUT2D eigenvalue weighted by atomic mass is 35.5. The quantitative estimate of drug-likeness (QED) is 0.596. The van der Waals surface area contributed by atoms with Gasteiger partial charge in [0.25, 0.3) is 0 Å². The van der Waals surface area contributed by atoms with Gasteiger partial charge >= 0.3 is 0 Å². The first-order valence-electron chi connectivity index (χ1n) is 5.73. The van der Waals surface area contributed by atoms with Crippen LogP contribution in [0.25, 0.3) is 0 Å². The third-order valence-electron chi connectivity index (χ3n) is 3.38. The molecular formula is C12H13ClN2O2. The number of halogens is 1. The molecule has 2 fully saturated rings. The maximum absolute atomic E-state index is 11.0. The van der Waals surface area contributed by atoms with E-state index in [2.05, 4.69) is 9.88 Å². The van der Waals surface area contributed by atoms with E-state index in [0.717, 1.165) is 37.9 Å². The topological polar surface area (TPSA) is 42.4 Å². The van der Waals surface area contributed by atoms with Gasteiger partial charge in [0.05, 0.1) is 17.9 Å². The Hall–Kier alpha value is -1.13. The highest BCUT2D eigenvalue weighted by Crippen LogP contribution is 2.43. The molecule has 90 valence electrons. The van der Waals surface area contributed by atoms with E-state index in [1.807, 2.05) is 6.07 Å². The first kappa shape index (κ1) is 11.0. The molecule has 1 aliphatic heterocycles. The van der Waals surface area contributed by atoms with Crippen molar-refractivity contribution in [3.63, 3.8) is 0 Å². The number of aldehydes is 1. The van der Waals surface area contributed by atoms with Gasteiger partial charge in [-0.05, 0) is 25.0 Å². The molecule has 2 aliphatic rings. The summed E-state index contributed by atoms with van der Waals surface area (Å²) in [7, 11) is 0. The molecule has 0 bridgehead atoms. The van der Waals surface area contributed by atoms with Crippen molar-refractivity contribution in [2.24, 2.45) is 0 Å². The second-order valence-electron chi connectivity index (χ2n) is 4.61. The maximum Gasteiger partial charge on any atom is 0.170 e. The van der Waals surface area contributed by atoms with Gasteiger partial charge in [-0.25, -0.2) is 4.98 Å². The smallest absolute Gasteiger partial charge is 0.170 e. The van der Waals surface area contributed by atoms with Gasteiger partial charge in [0.2, 0.25) is 0 Å². The minimum absolute atomic E-state index is 0.0397. The summed E-state index contributed by atoms with van der Waals surface area (Å²) in [5.74, 6) is 0. The minimum atomic E-state index is 0.0397. The highest BCUT2D eigenvalue weighted by Gasteiger charge is 2.47. The third-order valence-corrected chi connectivity index (χ3v) is 3.59. The Labute approximate surface area is 105 Å². The van der Waals surface area contributed by atoms with Crippen molar-refractivity contribution in [1.82, 2.24) is 4.98 Å². The molecule has 0 radical (unpaired) electrons. The summed E-state index contributed by atoms with van der Waals surface area (Å²) in [5, 5.41) is 0.352. The SMILES string of the molecule is O=Cc1nc(Cl)ccc1N1CCOC2(CC2)C1. The lowest BCUT2D eigenvalue weighted by Crippen LogP contribution is -2.44. The van der Waals surface area contributed by atoms with Crippen LogP contribution < -0.4 is 4.90 Å². The van der Waals surface area contributed by atoms with Crippen LogP contribution in [0, 0.1) is 0 Å². The van der Waals surface area contributed by atoms with Gasteiger partial charge in [-0.3, -0.25) is 4.79 Å². The number of carbonyl (C=O) groups is 1. The fraction of sp³-hybridized carbons (Fsp3) is 0.500. The third kappa shape index (κ3) is 2.03. The van der Waals surface area contributed by atoms with Crippen molar-refractivity contribution in [3.05, 3.63) is 23.0 Å². The molecule has 3 rings (SSSR count). The first-order valence-corrected chi connectivity index (χ1v) is 6.11. The highest BCUT2D eigenvalue weighted by molar-refractivity contribution is 6.29. The summed E-state index contributed by atoms with van der Waals surface area (Å²) in [6.07, 6.45) is 2.98. The van der Waals surface area contributed by atoms with E-state index in [0.29, 0.717) is 17.5 Å². The monoisotopic (exact) mass is 252 g/mol. The Morgan fingerprint density at radius 2 is 2.29 bits per heavy atom. The molecular weight excluding hydrogens is 240 g/mol. The molecule has 0 atom stereocenters. The molecule has 17 heavy (non-hydrogen) atoms. The zero-order chi connectivity index (χ0) is 11.9. The van der Waals surface area contributed by atoms with Crippen molar-refractivity contribution < 1.29 is 9.53 Å². The van der Waals surface area contributed by atoms with E-state index < -0.39 is 0 Å². The molecule has 5 heteroatoms. The van der Waals surface area contributed by atoms with E-state index >= 15 is 0 Å². The number of hydrogen-bond acceptors (Lipinski definition) is 4. The van der Waals surface area contributed by atoms with Crippen LogP contribution >= 0.6 is 11.6 Å². The molecule has 1 aromatic heterocycles. The molecule has 0 N–H and O–H groups in total. The fourth-order valence-corrected chi connectivity index (χ4v) is 2.44.